The van der Waals surface area contributed by atoms with Crippen LogP contribution in [0.3, 0.4) is 0 Å². The summed E-state index contributed by atoms with van der Waals surface area (Å²) in [6.07, 6.45) is 5.31. The zero-order valence-corrected chi connectivity index (χ0v) is 25.9. The van der Waals surface area contributed by atoms with Crippen molar-refractivity contribution in [3.8, 4) is 0 Å². The van der Waals surface area contributed by atoms with Crippen LogP contribution in [0.25, 0.3) is 0 Å². The molecule has 0 amide bonds. The topological polar surface area (TPSA) is 65.4 Å². The summed E-state index contributed by atoms with van der Waals surface area (Å²) in [6, 6.07) is 0.152. The molecule has 0 aliphatic heterocycles. The van der Waals surface area contributed by atoms with Gasteiger partial charge in [0.25, 0.3) is 5.56 Å². The average Bonchev–Trinajstić information content (AvgIpc) is 3.07. The van der Waals surface area contributed by atoms with Crippen LogP contribution >= 0.6 is 0 Å². The van der Waals surface area contributed by atoms with E-state index in [1.165, 1.54) is 0 Å². The van der Waals surface area contributed by atoms with Crippen molar-refractivity contribution >= 4 is 22.5 Å². The molecule has 0 unspecified atom stereocenters. The first-order chi connectivity index (χ1) is 15.5. The number of anilines is 1. The molecule has 1 fully saturated rings. The van der Waals surface area contributed by atoms with Gasteiger partial charge in [-0.15, -0.1) is 0 Å². The fraction of sp³-hybridized carbons (Fsp3) is 0.846. The standard InChI is InChI=1S/C26H51N3O3Si2/c1-18(2)34(19(3)4,20(5)6)32-23-16-22(28-24-25(30)29(10)14-13-27-24)15-21(23)17-31-33(11,12)26(7,8)9/h13-14,18-23H,15-17H2,1-12H3,(H,27,28)/t21-,22-,23+/m1/s1. The van der Waals surface area contributed by atoms with E-state index in [0.29, 0.717) is 28.4 Å². The van der Waals surface area contributed by atoms with Crippen molar-refractivity contribution in [3.05, 3.63) is 22.7 Å². The van der Waals surface area contributed by atoms with E-state index in [1.54, 1.807) is 24.0 Å². The Morgan fingerprint density at radius 3 is 2.15 bits per heavy atom. The molecular weight excluding hydrogens is 458 g/mol. The van der Waals surface area contributed by atoms with Gasteiger partial charge in [-0.3, -0.25) is 4.79 Å². The Labute approximate surface area is 210 Å². The van der Waals surface area contributed by atoms with Gasteiger partial charge in [-0.1, -0.05) is 62.3 Å². The second-order valence-corrected chi connectivity index (χ2v) is 23.0. The lowest BCUT2D eigenvalue weighted by Gasteiger charge is -2.45. The number of aromatic nitrogens is 2. The first-order valence-corrected chi connectivity index (χ1v) is 18.2. The minimum absolute atomic E-state index is 0.0868. The van der Waals surface area contributed by atoms with Crippen LogP contribution in [0.2, 0.25) is 34.8 Å². The number of nitrogens with zero attached hydrogens (tertiary/aromatic N) is 2. The van der Waals surface area contributed by atoms with Gasteiger partial charge in [0.15, 0.2) is 14.1 Å². The van der Waals surface area contributed by atoms with E-state index >= 15 is 0 Å². The first kappa shape index (κ1) is 29.3. The summed E-state index contributed by atoms with van der Waals surface area (Å²) in [5, 5.41) is 3.63. The van der Waals surface area contributed by atoms with Crippen LogP contribution in [0.1, 0.15) is 75.2 Å². The van der Waals surface area contributed by atoms with Gasteiger partial charge in [-0.05, 0) is 47.6 Å². The third-order valence-corrected chi connectivity index (χ3v) is 19.1. The molecule has 6 nitrogen and oxygen atoms in total. The molecule has 3 atom stereocenters. The third kappa shape index (κ3) is 6.23. The molecule has 1 aromatic rings. The summed E-state index contributed by atoms with van der Waals surface area (Å²) < 4.78 is 15.6. The Hall–Kier alpha value is -0.966. The fourth-order valence-electron chi connectivity index (χ4n) is 5.52. The molecule has 8 heteroatoms. The largest absolute Gasteiger partial charge is 0.416 e. The van der Waals surface area contributed by atoms with Gasteiger partial charge in [0.2, 0.25) is 8.32 Å². The normalized spacial score (nSPS) is 22.3. The average molecular weight is 510 g/mol. The van der Waals surface area contributed by atoms with Crippen molar-refractivity contribution in [1.29, 1.82) is 0 Å². The molecule has 2 rings (SSSR count). The lowest BCUT2D eigenvalue weighted by atomic mass is 10.1. The monoisotopic (exact) mass is 509 g/mol. The minimum Gasteiger partial charge on any atom is -0.416 e. The molecule has 0 radical (unpaired) electrons. The molecule has 1 saturated carbocycles. The predicted molar refractivity (Wildman–Crippen MR) is 149 cm³/mol. The van der Waals surface area contributed by atoms with Crippen molar-refractivity contribution in [3.63, 3.8) is 0 Å². The number of rotatable bonds is 10. The number of nitrogens with one attached hydrogen (secondary N) is 1. The predicted octanol–water partition coefficient (Wildman–Crippen LogP) is 6.55. The molecule has 196 valence electrons. The molecule has 1 N–H and O–H groups in total. The lowest BCUT2D eigenvalue weighted by Crippen LogP contribution is -2.51. The molecule has 1 aliphatic rings. The highest BCUT2D eigenvalue weighted by molar-refractivity contribution is 6.77. The van der Waals surface area contributed by atoms with Crippen molar-refractivity contribution in [2.75, 3.05) is 11.9 Å². The van der Waals surface area contributed by atoms with E-state index in [-0.39, 0.29) is 22.7 Å². The van der Waals surface area contributed by atoms with Crippen LogP contribution < -0.4 is 10.9 Å². The van der Waals surface area contributed by atoms with Gasteiger partial charge in [-0.2, -0.15) is 0 Å². The van der Waals surface area contributed by atoms with Gasteiger partial charge >= 0.3 is 0 Å². The summed E-state index contributed by atoms with van der Waals surface area (Å²) in [5.41, 5.74) is 1.51. The van der Waals surface area contributed by atoms with Crippen LogP contribution in [-0.4, -0.2) is 44.9 Å². The molecular formula is C26H51N3O3Si2. The van der Waals surface area contributed by atoms with E-state index in [9.17, 15) is 4.79 Å². The number of hydrogen-bond donors (Lipinski definition) is 1. The second kappa shape index (κ2) is 11.0. The van der Waals surface area contributed by atoms with Crippen LogP contribution in [0.4, 0.5) is 5.82 Å². The Kier molecular flexibility index (Phi) is 9.44. The fourth-order valence-corrected chi connectivity index (χ4v) is 12.2. The highest BCUT2D eigenvalue weighted by atomic mass is 28.4. The van der Waals surface area contributed by atoms with E-state index in [0.717, 1.165) is 19.4 Å². The Morgan fingerprint density at radius 2 is 1.65 bits per heavy atom. The number of hydrogen-bond acceptors (Lipinski definition) is 5. The zero-order valence-electron chi connectivity index (χ0n) is 23.9. The van der Waals surface area contributed by atoms with E-state index in [4.69, 9.17) is 8.85 Å². The zero-order chi connectivity index (χ0) is 26.1. The van der Waals surface area contributed by atoms with Gasteiger partial charge in [0.1, 0.15) is 0 Å². The summed E-state index contributed by atoms with van der Waals surface area (Å²) in [5.74, 6) is 0.738. The second-order valence-electron chi connectivity index (χ2n) is 12.8. The van der Waals surface area contributed by atoms with Crippen molar-refractivity contribution in [2.45, 2.75) is 122 Å². The van der Waals surface area contributed by atoms with Gasteiger partial charge < -0.3 is 18.7 Å². The maximum absolute atomic E-state index is 12.6. The molecule has 0 saturated heterocycles. The molecule has 0 spiro atoms. The smallest absolute Gasteiger partial charge is 0.293 e. The summed E-state index contributed by atoms with van der Waals surface area (Å²) in [4.78, 5) is 16.9. The SMILES string of the molecule is CC(C)[Si](O[C@H]1C[C@H](Nc2nccn(C)c2=O)C[C@@H]1CO[Si](C)(C)C(C)(C)C)(C(C)C)C(C)C. The lowest BCUT2D eigenvalue weighted by molar-refractivity contribution is 0.0971. The molecule has 1 aromatic heterocycles. The molecule has 1 heterocycles. The number of aryl methyl sites for hydroxylation is 1. The first-order valence-electron chi connectivity index (χ1n) is 13.1. The minimum atomic E-state index is -2.04. The Morgan fingerprint density at radius 1 is 1.09 bits per heavy atom. The molecule has 1 aliphatic carbocycles. The molecule has 0 aromatic carbocycles. The maximum Gasteiger partial charge on any atom is 0.293 e. The highest BCUT2D eigenvalue weighted by Crippen LogP contribution is 2.46. The van der Waals surface area contributed by atoms with Gasteiger partial charge in [0, 0.05) is 38.0 Å². The van der Waals surface area contributed by atoms with Crippen LogP contribution in [0.5, 0.6) is 0 Å². The Balaban J connectivity index is 2.32. The quantitative estimate of drug-likeness (QED) is 0.362. The van der Waals surface area contributed by atoms with E-state index < -0.39 is 16.6 Å². The molecule has 0 bridgehead atoms. The van der Waals surface area contributed by atoms with Crippen molar-refractivity contribution in [2.24, 2.45) is 13.0 Å². The van der Waals surface area contributed by atoms with Crippen LogP contribution in [0.15, 0.2) is 17.2 Å². The summed E-state index contributed by atoms with van der Waals surface area (Å²) in [7, 11) is -2.15. The highest BCUT2D eigenvalue weighted by Gasteiger charge is 2.50. The third-order valence-electron chi connectivity index (χ3n) is 8.51. The van der Waals surface area contributed by atoms with Crippen LogP contribution in [0, 0.1) is 5.92 Å². The van der Waals surface area contributed by atoms with Crippen molar-refractivity contribution < 1.29 is 8.85 Å². The van der Waals surface area contributed by atoms with E-state index in [1.807, 2.05) is 0 Å². The van der Waals surface area contributed by atoms with Gasteiger partial charge in [-0.25, -0.2) is 4.98 Å². The van der Waals surface area contributed by atoms with Crippen molar-refractivity contribution in [1.82, 2.24) is 9.55 Å². The summed E-state index contributed by atoms with van der Waals surface area (Å²) >= 11 is 0. The summed E-state index contributed by atoms with van der Waals surface area (Å²) in [6.45, 7) is 26.3. The Bertz CT molecular complexity index is 840. The van der Waals surface area contributed by atoms with Gasteiger partial charge in [0.05, 0.1) is 6.10 Å². The van der Waals surface area contributed by atoms with Crippen LogP contribution in [-0.2, 0) is 15.9 Å². The van der Waals surface area contributed by atoms with E-state index in [2.05, 4.69) is 85.7 Å². The molecule has 34 heavy (non-hydrogen) atoms. The maximum atomic E-state index is 12.6.